The molecular formula is C14H21NO2. The lowest BCUT2D eigenvalue weighted by Gasteiger charge is -2.36. The molecule has 17 heavy (non-hydrogen) atoms. The van der Waals surface area contributed by atoms with Crippen molar-refractivity contribution in [3.8, 4) is 0 Å². The standard InChI is InChI=1S/C14H21NO2/c16-13(15-7-14(17)4-1-5-14)12-10-8-2-3-9(6-8)11(10)12/h8-12,17H,1-7H2,(H,15,16). The summed E-state index contributed by atoms with van der Waals surface area (Å²) in [5.41, 5.74) is -0.571. The molecule has 2 bridgehead atoms. The molecule has 4 saturated carbocycles. The van der Waals surface area contributed by atoms with Gasteiger partial charge in [-0.3, -0.25) is 4.79 Å². The predicted octanol–water partition coefficient (Wildman–Crippen LogP) is 1.31. The van der Waals surface area contributed by atoms with Crippen LogP contribution in [-0.2, 0) is 4.79 Å². The number of rotatable bonds is 3. The number of carbonyl (C=O) groups is 1. The van der Waals surface area contributed by atoms with Gasteiger partial charge in [0.2, 0.25) is 5.91 Å². The van der Waals surface area contributed by atoms with E-state index in [1.807, 2.05) is 0 Å². The van der Waals surface area contributed by atoms with Crippen LogP contribution in [0.25, 0.3) is 0 Å². The smallest absolute Gasteiger partial charge is 0.223 e. The SMILES string of the molecule is O=C(NCC1(O)CCC1)C1C2C3CCC(C3)C12. The van der Waals surface area contributed by atoms with Gasteiger partial charge in [0.05, 0.1) is 5.60 Å². The molecule has 2 N–H and O–H groups in total. The number of amides is 1. The first-order valence-electron chi connectivity index (χ1n) is 7.18. The highest BCUT2D eigenvalue weighted by Gasteiger charge is 2.67. The molecule has 0 aromatic heterocycles. The maximum atomic E-state index is 12.1. The van der Waals surface area contributed by atoms with Crippen LogP contribution < -0.4 is 5.32 Å². The first-order valence-corrected chi connectivity index (χ1v) is 7.18. The largest absolute Gasteiger partial charge is 0.388 e. The number of carbonyl (C=O) groups excluding carboxylic acids is 1. The van der Waals surface area contributed by atoms with Gasteiger partial charge in [-0.05, 0) is 62.2 Å². The van der Waals surface area contributed by atoms with Crippen molar-refractivity contribution < 1.29 is 9.90 Å². The zero-order valence-corrected chi connectivity index (χ0v) is 10.2. The summed E-state index contributed by atoms with van der Waals surface area (Å²) in [6, 6.07) is 0. The molecule has 0 aromatic carbocycles. The number of hydrogen-bond donors (Lipinski definition) is 2. The topological polar surface area (TPSA) is 49.3 Å². The number of aliphatic hydroxyl groups is 1. The van der Waals surface area contributed by atoms with Crippen molar-refractivity contribution in [3.63, 3.8) is 0 Å². The molecule has 4 unspecified atom stereocenters. The van der Waals surface area contributed by atoms with Crippen molar-refractivity contribution >= 4 is 5.91 Å². The fraction of sp³-hybridized carbons (Fsp3) is 0.929. The second kappa shape index (κ2) is 3.25. The van der Waals surface area contributed by atoms with E-state index in [1.165, 1.54) is 19.3 Å². The molecule has 4 aliphatic carbocycles. The first-order chi connectivity index (χ1) is 8.18. The van der Waals surface area contributed by atoms with Crippen LogP contribution >= 0.6 is 0 Å². The number of hydrogen-bond acceptors (Lipinski definition) is 2. The monoisotopic (exact) mass is 235 g/mol. The van der Waals surface area contributed by atoms with Gasteiger partial charge in [0.15, 0.2) is 0 Å². The van der Waals surface area contributed by atoms with Gasteiger partial charge >= 0.3 is 0 Å². The average Bonchev–Trinajstić information content (AvgIpc) is 2.73. The van der Waals surface area contributed by atoms with E-state index in [4.69, 9.17) is 0 Å². The summed E-state index contributed by atoms with van der Waals surface area (Å²) < 4.78 is 0. The number of nitrogens with one attached hydrogen (secondary N) is 1. The Morgan fingerprint density at radius 1 is 1.24 bits per heavy atom. The van der Waals surface area contributed by atoms with E-state index >= 15 is 0 Å². The van der Waals surface area contributed by atoms with E-state index in [1.54, 1.807) is 0 Å². The molecule has 4 atom stereocenters. The van der Waals surface area contributed by atoms with Gasteiger partial charge in [0.1, 0.15) is 0 Å². The highest BCUT2D eigenvalue weighted by molar-refractivity contribution is 5.82. The number of fused-ring (bicyclic) bond motifs is 5. The molecular weight excluding hydrogens is 214 g/mol. The third-order valence-electron chi connectivity index (χ3n) is 5.91. The van der Waals surface area contributed by atoms with Crippen molar-refractivity contribution in [2.24, 2.45) is 29.6 Å². The van der Waals surface area contributed by atoms with Gasteiger partial charge < -0.3 is 10.4 Å². The Morgan fingerprint density at radius 3 is 2.41 bits per heavy atom. The lowest BCUT2D eigenvalue weighted by atomic mass is 9.80. The molecule has 4 rings (SSSR count). The van der Waals surface area contributed by atoms with Gasteiger partial charge in [-0.1, -0.05) is 0 Å². The van der Waals surface area contributed by atoms with Crippen LogP contribution in [0.15, 0.2) is 0 Å². The molecule has 1 amide bonds. The van der Waals surface area contributed by atoms with Crippen LogP contribution in [0, 0.1) is 29.6 Å². The van der Waals surface area contributed by atoms with Crippen molar-refractivity contribution in [2.45, 2.75) is 44.1 Å². The zero-order chi connectivity index (χ0) is 11.6. The Balaban J connectivity index is 1.34. The van der Waals surface area contributed by atoms with E-state index in [0.29, 0.717) is 24.3 Å². The molecule has 4 aliphatic rings. The highest BCUT2D eigenvalue weighted by atomic mass is 16.3. The molecule has 0 spiro atoms. The van der Waals surface area contributed by atoms with Gasteiger partial charge in [-0.2, -0.15) is 0 Å². The van der Waals surface area contributed by atoms with E-state index < -0.39 is 5.60 Å². The minimum atomic E-state index is -0.571. The summed E-state index contributed by atoms with van der Waals surface area (Å²) in [7, 11) is 0. The van der Waals surface area contributed by atoms with Gasteiger partial charge in [0.25, 0.3) is 0 Å². The summed E-state index contributed by atoms with van der Waals surface area (Å²) >= 11 is 0. The molecule has 0 aromatic rings. The Kier molecular flexibility index (Phi) is 1.98. The van der Waals surface area contributed by atoms with Crippen molar-refractivity contribution in [3.05, 3.63) is 0 Å². The minimum absolute atomic E-state index is 0.233. The third kappa shape index (κ3) is 1.41. The molecule has 0 saturated heterocycles. The molecule has 0 radical (unpaired) electrons. The molecule has 3 heteroatoms. The summed E-state index contributed by atoms with van der Waals surface area (Å²) in [6.45, 7) is 0.483. The molecule has 4 fully saturated rings. The molecule has 0 aliphatic heterocycles. The first kappa shape index (κ1) is 10.4. The van der Waals surface area contributed by atoms with Crippen LogP contribution in [0.5, 0.6) is 0 Å². The van der Waals surface area contributed by atoms with Crippen LogP contribution in [0.1, 0.15) is 38.5 Å². The minimum Gasteiger partial charge on any atom is -0.388 e. The molecule has 0 heterocycles. The highest BCUT2D eigenvalue weighted by Crippen LogP contribution is 2.69. The third-order valence-corrected chi connectivity index (χ3v) is 5.91. The van der Waals surface area contributed by atoms with E-state index in [2.05, 4.69) is 5.32 Å². The molecule has 3 nitrogen and oxygen atoms in total. The Hall–Kier alpha value is -0.570. The quantitative estimate of drug-likeness (QED) is 0.775. The fourth-order valence-corrected chi connectivity index (χ4v) is 4.81. The maximum Gasteiger partial charge on any atom is 0.223 e. The van der Waals surface area contributed by atoms with Crippen LogP contribution in [0.3, 0.4) is 0 Å². The van der Waals surface area contributed by atoms with Crippen LogP contribution in [-0.4, -0.2) is 23.2 Å². The fourth-order valence-electron chi connectivity index (χ4n) is 4.81. The van der Waals surface area contributed by atoms with Crippen LogP contribution in [0.2, 0.25) is 0 Å². The van der Waals surface area contributed by atoms with Crippen molar-refractivity contribution in [2.75, 3.05) is 6.54 Å². The normalized spacial score (nSPS) is 48.4. The van der Waals surface area contributed by atoms with E-state index in [-0.39, 0.29) is 5.91 Å². The summed E-state index contributed by atoms with van der Waals surface area (Å²) in [5.74, 6) is 3.68. The van der Waals surface area contributed by atoms with E-state index in [9.17, 15) is 9.90 Å². The second-order valence-electron chi connectivity index (χ2n) is 6.81. The average molecular weight is 235 g/mol. The lowest BCUT2D eigenvalue weighted by molar-refractivity contribution is -0.125. The molecule has 94 valence electrons. The Labute approximate surface area is 102 Å². The van der Waals surface area contributed by atoms with Gasteiger partial charge in [-0.25, -0.2) is 0 Å². The Bertz CT molecular complexity index is 347. The summed E-state index contributed by atoms with van der Waals surface area (Å²) in [4.78, 5) is 12.1. The lowest BCUT2D eigenvalue weighted by Crippen LogP contribution is -2.48. The maximum absolute atomic E-state index is 12.1. The predicted molar refractivity (Wildman–Crippen MR) is 63.1 cm³/mol. The van der Waals surface area contributed by atoms with Gasteiger partial charge in [-0.15, -0.1) is 0 Å². The summed E-state index contributed by atoms with van der Waals surface area (Å²) in [6.07, 6.45) is 6.93. The second-order valence-corrected chi connectivity index (χ2v) is 6.81. The van der Waals surface area contributed by atoms with Crippen molar-refractivity contribution in [1.29, 1.82) is 0 Å². The Morgan fingerprint density at radius 2 is 1.88 bits per heavy atom. The van der Waals surface area contributed by atoms with E-state index in [0.717, 1.165) is 31.1 Å². The van der Waals surface area contributed by atoms with Gasteiger partial charge in [0, 0.05) is 12.5 Å². The van der Waals surface area contributed by atoms with Crippen molar-refractivity contribution in [1.82, 2.24) is 5.32 Å². The van der Waals surface area contributed by atoms with Crippen LogP contribution in [0.4, 0.5) is 0 Å². The summed E-state index contributed by atoms with van der Waals surface area (Å²) in [5, 5.41) is 13.0. The zero-order valence-electron chi connectivity index (χ0n) is 10.2.